The molecule has 24 heteroatoms. The second kappa shape index (κ2) is 24.5. The Morgan fingerprint density at radius 1 is 0.431 bits per heavy atom. The van der Waals surface area contributed by atoms with Crippen LogP contribution < -0.4 is 47.4 Å². The molecular weight excluding hydrogens is 989 g/mol. The molecule has 2 aromatic carbocycles. The van der Waals surface area contributed by atoms with Gasteiger partial charge in [-0.2, -0.15) is 17.6 Å². The third kappa shape index (κ3) is 11.9. The van der Waals surface area contributed by atoms with E-state index in [0.29, 0.717) is 113 Å². The number of nitrogens with zero attached hydrogens (tertiary/aromatic N) is 8. The molecule has 72 heavy (non-hydrogen) atoms. The van der Waals surface area contributed by atoms with Crippen molar-refractivity contribution in [1.82, 2.24) is 39.0 Å². The summed E-state index contributed by atoms with van der Waals surface area (Å²) in [5.41, 5.74) is 4.91. The highest BCUT2D eigenvalue weighted by atomic mass is 32.2. The third-order valence-electron chi connectivity index (χ3n) is 10.6. The Morgan fingerprint density at radius 2 is 0.806 bits per heavy atom. The maximum atomic E-state index is 12.9. The summed E-state index contributed by atoms with van der Waals surface area (Å²) in [4.78, 5) is 27.2. The molecule has 8 aromatic rings. The summed E-state index contributed by atoms with van der Waals surface area (Å²) in [6.45, 7) is -5.36. The smallest absolute Gasteiger partial charge is 0.387 e. The first-order valence-electron chi connectivity index (χ1n) is 21.4. The number of thioether (sulfide) groups is 2. The summed E-state index contributed by atoms with van der Waals surface area (Å²) in [6, 6.07) is 16.1. The molecule has 6 heterocycles. The molecule has 0 saturated carbocycles. The van der Waals surface area contributed by atoms with Crippen molar-refractivity contribution < 1.29 is 64.9 Å². The van der Waals surface area contributed by atoms with Crippen LogP contribution in [-0.4, -0.2) is 109 Å². The van der Waals surface area contributed by atoms with Crippen LogP contribution in [0.25, 0.3) is 22.1 Å². The molecule has 0 aliphatic heterocycles. The number of imidazole rings is 2. The number of hydrogen-bond acceptors (Lipinski definition) is 18. The number of benzene rings is 2. The van der Waals surface area contributed by atoms with Crippen LogP contribution in [0, 0.1) is 0 Å². The van der Waals surface area contributed by atoms with Gasteiger partial charge in [0.05, 0.1) is 103 Å². The SMILES string of the molecule is COc1ccnc(CSc2nc3cc(OC(F)F)ccc3n2Cc2nccc(OC)c2OC)c1OC.COc1ccnc(CSc2nc3ccc(OC(F)F)cc3n2Cc2nccc(OC)c2OC)c1OC. The third-order valence-corrected chi connectivity index (χ3v) is 12.6. The fourth-order valence-corrected chi connectivity index (χ4v) is 9.35. The van der Waals surface area contributed by atoms with E-state index in [9.17, 15) is 17.6 Å². The number of fused-ring (bicyclic) bond motifs is 2. The Morgan fingerprint density at radius 3 is 1.22 bits per heavy atom. The standard InChI is InChI=1S/2C24H24F2N4O5S/c1-31-19-7-9-27-16(21(19)33-3)12-30-18-6-5-14(35-23(25)26)11-15(18)29-24(30)36-13-17-22(34-4)20(32-2)8-10-28-17;1-31-19-7-9-27-16(21(19)33-3)12-30-18-11-14(35-23(25)26)5-6-15(18)29-24(30)36-13-17-22(34-4)20(32-2)8-10-28-17/h2*5-11,23H,12-13H2,1-4H3. The van der Waals surface area contributed by atoms with Crippen LogP contribution in [-0.2, 0) is 24.6 Å². The topological polar surface area (TPSA) is 179 Å². The lowest BCUT2D eigenvalue weighted by molar-refractivity contribution is -0.0504. The molecule has 0 unspecified atom stereocenters. The van der Waals surface area contributed by atoms with Crippen LogP contribution in [0.15, 0.2) is 95.8 Å². The minimum atomic E-state index is -2.94. The summed E-state index contributed by atoms with van der Waals surface area (Å²) < 4.78 is 108. The van der Waals surface area contributed by atoms with Gasteiger partial charge in [0, 0.05) is 72.7 Å². The predicted molar refractivity (Wildman–Crippen MR) is 259 cm³/mol. The molecule has 0 radical (unpaired) electrons. The van der Waals surface area contributed by atoms with E-state index < -0.39 is 13.2 Å². The van der Waals surface area contributed by atoms with E-state index in [0.717, 1.165) is 0 Å². The van der Waals surface area contributed by atoms with Gasteiger partial charge in [-0.3, -0.25) is 19.9 Å². The van der Waals surface area contributed by atoms with Crippen LogP contribution >= 0.6 is 23.5 Å². The summed E-state index contributed by atoms with van der Waals surface area (Å²) in [5, 5.41) is 1.22. The van der Waals surface area contributed by atoms with Gasteiger partial charge in [0.25, 0.3) is 0 Å². The van der Waals surface area contributed by atoms with Gasteiger partial charge in [-0.15, -0.1) is 0 Å². The number of methoxy groups -OCH3 is 8. The van der Waals surface area contributed by atoms with E-state index >= 15 is 0 Å². The van der Waals surface area contributed by atoms with Crippen molar-refractivity contribution >= 4 is 45.6 Å². The van der Waals surface area contributed by atoms with Crippen LogP contribution in [0.2, 0.25) is 0 Å². The molecule has 6 aromatic heterocycles. The van der Waals surface area contributed by atoms with Crippen molar-refractivity contribution in [2.75, 3.05) is 56.9 Å². The van der Waals surface area contributed by atoms with Crippen LogP contribution in [0.1, 0.15) is 22.8 Å². The Balaban J connectivity index is 0.000000211. The van der Waals surface area contributed by atoms with Gasteiger partial charge in [0.2, 0.25) is 0 Å². The van der Waals surface area contributed by atoms with Crippen molar-refractivity contribution in [3.63, 3.8) is 0 Å². The lowest BCUT2D eigenvalue weighted by Gasteiger charge is -2.15. The molecule has 0 aliphatic rings. The molecule has 18 nitrogen and oxygen atoms in total. The van der Waals surface area contributed by atoms with E-state index in [4.69, 9.17) is 42.9 Å². The fourth-order valence-electron chi connectivity index (χ4n) is 7.44. The van der Waals surface area contributed by atoms with Crippen molar-refractivity contribution in [3.8, 4) is 57.5 Å². The first-order valence-corrected chi connectivity index (χ1v) is 23.3. The number of alkyl halides is 4. The summed E-state index contributed by atoms with van der Waals surface area (Å²) in [7, 11) is 12.4. The Hall–Kier alpha value is -7.60. The summed E-state index contributed by atoms with van der Waals surface area (Å²) in [6.07, 6.45) is 6.51. The normalized spacial score (nSPS) is 11.1. The number of ether oxygens (including phenoxy) is 10. The first kappa shape index (κ1) is 52.2. The molecule has 0 atom stereocenters. The number of pyridine rings is 4. The monoisotopic (exact) mass is 1040 g/mol. The molecule has 0 saturated heterocycles. The molecule has 0 spiro atoms. The second-order valence-electron chi connectivity index (χ2n) is 14.6. The molecule has 0 N–H and O–H groups in total. The quantitative estimate of drug-likeness (QED) is 0.0462. The van der Waals surface area contributed by atoms with Crippen molar-refractivity contribution in [2.45, 2.75) is 48.1 Å². The lowest BCUT2D eigenvalue weighted by Crippen LogP contribution is -2.07. The molecule has 0 bridgehead atoms. The van der Waals surface area contributed by atoms with Gasteiger partial charge >= 0.3 is 13.2 Å². The number of rotatable bonds is 22. The average molecular weight is 1040 g/mol. The summed E-state index contributed by atoms with van der Waals surface area (Å²) >= 11 is 2.80. The van der Waals surface area contributed by atoms with E-state index in [-0.39, 0.29) is 24.6 Å². The maximum Gasteiger partial charge on any atom is 0.387 e. The van der Waals surface area contributed by atoms with E-state index in [1.54, 1.807) is 104 Å². The van der Waals surface area contributed by atoms with E-state index in [1.165, 1.54) is 62.0 Å². The molecule has 0 amide bonds. The van der Waals surface area contributed by atoms with Crippen molar-refractivity contribution in [2.24, 2.45) is 0 Å². The zero-order valence-corrected chi connectivity index (χ0v) is 41.7. The van der Waals surface area contributed by atoms with Gasteiger partial charge in [-0.05, 0) is 24.3 Å². The second-order valence-corrected chi connectivity index (χ2v) is 16.5. The minimum Gasteiger partial charge on any atom is -0.493 e. The Bertz CT molecular complexity index is 3060. The van der Waals surface area contributed by atoms with Crippen LogP contribution in [0.3, 0.4) is 0 Å². The maximum absolute atomic E-state index is 12.9. The van der Waals surface area contributed by atoms with Gasteiger partial charge in [-0.1, -0.05) is 23.5 Å². The zero-order chi connectivity index (χ0) is 51.3. The van der Waals surface area contributed by atoms with E-state index in [1.807, 2.05) is 9.13 Å². The lowest BCUT2D eigenvalue weighted by atomic mass is 10.2. The van der Waals surface area contributed by atoms with Crippen molar-refractivity contribution in [1.29, 1.82) is 0 Å². The molecule has 380 valence electrons. The minimum absolute atomic E-state index is 0.0203. The number of halogens is 4. The number of aromatic nitrogens is 8. The fraction of sp³-hybridized carbons (Fsp3) is 0.292. The molecule has 0 aliphatic carbocycles. The highest BCUT2D eigenvalue weighted by molar-refractivity contribution is 7.98. The highest BCUT2D eigenvalue weighted by Gasteiger charge is 2.22. The first-order chi connectivity index (χ1) is 35.0. The molecular formula is C48H48F4N8O10S2. The molecule has 8 rings (SSSR count). The van der Waals surface area contributed by atoms with Gasteiger partial charge in [-0.25, -0.2) is 9.97 Å². The Kier molecular flexibility index (Phi) is 17.8. The Labute approximate surface area is 418 Å². The van der Waals surface area contributed by atoms with Gasteiger partial charge in [0.1, 0.15) is 22.9 Å². The van der Waals surface area contributed by atoms with Crippen molar-refractivity contribution in [3.05, 3.63) is 108 Å². The predicted octanol–water partition coefficient (Wildman–Crippen LogP) is 9.61. The van der Waals surface area contributed by atoms with Crippen LogP contribution in [0.5, 0.6) is 57.5 Å². The summed E-state index contributed by atoms with van der Waals surface area (Å²) in [5.74, 6) is 5.07. The van der Waals surface area contributed by atoms with Gasteiger partial charge in [0.15, 0.2) is 56.3 Å². The zero-order valence-electron chi connectivity index (χ0n) is 40.1. The highest BCUT2D eigenvalue weighted by Crippen LogP contribution is 2.39. The van der Waals surface area contributed by atoms with E-state index in [2.05, 4.69) is 34.4 Å². The van der Waals surface area contributed by atoms with Crippen LogP contribution in [0.4, 0.5) is 17.6 Å². The van der Waals surface area contributed by atoms with Gasteiger partial charge < -0.3 is 56.5 Å². The number of hydrogen-bond donors (Lipinski definition) is 0. The molecule has 0 fully saturated rings. The largest absolute Gasteiger partial charge is 0.493 e. The average Bonchev–Trinajstić information content (AvgIpc) is 3.91.